The van der Waals surface area contributed by atoms with Gasteiger partial charge in [0.25, 0.3) is 0 Å². The molecule has 0 saturated carbocycles. The van der Waals surface area contributed by atoms with Crippen LogP contribution in [0.2, 0.25) is 0 Å². The highest BCUT2D eigenvalue weighted by Crippen LogP contribution is 2.11. The highest BCUT2D eigenvalue weighted by atomic mass is 32.2. The van der Waals surface area contributed by atoms with E-state index in [2.05, 4.69) is 5.32 Å². The lowest BCUT2D eigenvalue weighted by atomic mass is 10.1. The normalized spacial score (nSPS) is 11.1. The highest BCUT2D eigenvalue weighted by molar-refractivity contribution is 7.90. The number of hydrogen-bond acceptors (Lipinski definition) is 4. The molecule has 0 bridgehead atoms. The zero-order valence-electron chi connectivity index (χ0n) is 11.2. The number of carbonyl (C=O) groups is 1. The third-order valence-corrected chi connectivity index (χ3v) is 3.54. The van der Waals surface area contributed by atoms with Crippen molar-refractivity contribution in [2.24, 2.45) is 0 Å². The summed E-state index contributed by atoms with van der Waals surface area (Å²) in [5.74, 6) is 0.446. The Hall–Kier alpha value is -1.56. The fourth-order valence-corrected chi connectivity index (χ4v) is 2.06. The van der Waals surface area contributed by atoms with E-state index in [4.69, 9.17) is 4.74 Å². The van der Waals surface area contributed by atoms with Crippen LogP contribution in [0.1, 0.15) is 12.0 Å². The van der Waals surface area contributed by atoms with Gasteiger partial charge in [-0.25, -0.2) is 8.42 Å². The molecule has 0 aliphatic heterocycles. The van der Waals surface area contributed by atoms with Crippen molar-refractivity contribution in [1.29, 1.82) is 0 Å². The fourth-order valence-electron chi connectivity index (χ4n) is 1.50. The van der Waals surface area contributed by atoms with Gasteiger partial charge < -0.3 is 10.1 Å². The Balaban J connectivity index is 2.27. The van der Waals surface area contributed by atoms with Crippen LogP contribution in [0.25, 0.3) is 0 Å². The average molecular weight is 285 g/mol. The molecule has 0 aliphatic rings. The van der Waals surface area contributed by atoms with Crippen LogP contribution < -0.4 is 10.1 Å². The molecule has 0 aromatic heterocycles. The van der Waals surface area contributed by atoms with Gasteiger partial charge in [0.2, 0.25) is 5.91 Å². The minimum atomic E-state index is -3.08. The Bertz CT molecular complexity index is 508. The van der Waals surface area contributed by atoms with Crippen LogP contribution in [-0.2, 0) is 21.1 Å². The summed E-state index contributed by atoms with van der Waals surface area (Å²) >= 11 is 0. The summed E-state index contributed by atoms with van der Waals surface area (Å²) in [6.07, 6.45) is 1.84. The number of nitrogens with one attached hydrogen (secondary N) is 1. The van der Waals surface area contributed by atoms with E-state index in [0.717, 1.165) is 17.6 Å². The molecular weight excluding hydrogens is 266 g/mol. The lowest BCUT2D eigenvalue weighted by molar-refractivity contribution is -0.120. The van der Waals surface area contributed by atoms with Gasteiger partial charge in [-0.1, -0.05) is 12.1 Å². The van der Waals surface area contributed by atoms with Crippen LogP contribution in [0.15, 0.2) is 24.3 Å². The summed E-state index contributed by atoms with van der Waals surface area (Å²) in [6, 6.07) is 7.59. The molecular formula is C13H19NO4S. The third-order valence-electron chi connectivity index (χ3n) is 2.59. The van der Waals surface area contributed by atoms with Gasteiger partial charge in [0.05, 0.1) is 12.9 Å². The Labute approximate surface area is 113 Å². The smallest absolute Gasteiger partial charge is 0.221 e. The van der Waals surface area contributed by atoms with Crippen molar-refractivity contribution < 1.29 is 17.9 Å². The number of benzene rings is 1. The number of ether oxygens (including phenoxy) is 1. The summed E-state index contributed by atoms with van der Waals surface area (Å²) < 4.78 is 26.8. The van der Waals surface area contributed by atoms with E-state index in [9.17, 15) is 13.2 Å². The van der Waals surface area contributed by atoms with E-state index in [1.807, 2.05) is 24.3 Å². The Morgan fingerprint density at radius 3 is 2.42 bits per heavy atom. The van der Waals surface area contributed by atoms with Gasteiger partial charge >= 0.3 is 0 Å². The van der Waals surface area contributed by atoms with Gasteiger partial charge in [0.1, 0.15) is 15.6 Å². The molecule has 6 heteroatoms. The van der Waals surface area contributed by atoms with Crippen LogP contribution in [-0.4, -0.2) is 40.0 Å². The lowest BCUT2D eigenvalue weighted by Crippen LogP contribution is -2.27. The van der Waals surface area contributed by atoms with Crippen LogP contribution in [0.3, 0.4) is 0 Å². The van der Waals surface area contributed by atoms with Gasteiger partial charge in [-0.2, -0.15) is 0 Å². The molecule has 0 heterocycles. The molecule has 0 fully saturated rings. The second-order valence-corrected chi connectivity index (χ2v) is 6.59. The Morgan fingerprint density at radius 1 is 1.26 bits per heavy atom. The van der Waals surface area contributed by atoms with E-state index < -0.39 is 9.84 Å². The molecule has 1 rings (SSSR count). The summed E-state index contributed by atoms with van der Waals surface area (Å²) in [6.45, 7) is 0.495. The van der Waals surface area contributed by atoms with E-state index in [0.29, 0.717) is 13.0 Å². The first-order valence-electron chi connectivity index (χ1n) is 5.98. The minimum Gasteiger partial charge on any atom is -0.497 e. The molecule has 0 aliphatic carbocycles. The Kier molecular flexibility index (Phi) is 5.82. The predicted molar refractivity (Wildman–Crippen MR) is 74.0 cm³/mol. The van der Waals surface area contributed by atoms with Crippen molar-refractivity contribution in [2.75, 3.05) is 25.7 Å². The number of carbonyl (C=O) groups excluding carboxylic acids is 1. The maximum atomic E-state index is 11.4. The first kappa shape index (κ1) is 15.5. The minimum absolute atomic E-state index is 0.0153. The van der Waals surface area contributed by atoms with Crippen LogP contribution >= 0.6 is 0 Å². The van der Waals surface area contributed by atoms with Crippen molar-refractivity contribution in [3.05, 3.63) is 29.8 Å². The molecule has 0 saturated heterocycles. The molecule has 5 nitrogen and oxygen atoms in total. The lowest BCUT2D eigenvalue weighted by Gasteiger charge is -2.06. The fraction of sp³-hybridized carbons (Fsp3) is 0.462. The molecule has 0 radical (unpaired) electrons. The molecule has 0 spiro atoms. The number of sulfone groups is 1. The number of rotatable bonds is 7. The number of methoxy groups -OCH3 is 1. The maximum Gasteiger partial charge on any atom is 0.221 e. The molecule has 1 amide bonds. The maximum absolute atomic E-state index is 11.4. The summed E-state index contributed by atoms with van der Waals surface area (Å²) in [4.78, 5) is 11.4. The van der Waals surface area contributed by atoms with E-state index in [1.165, 1.54) is 0 Å². The zero-order chi connectivity index (χ0) is 14.3. The van der Waals surface area contributed by atoms with Crippen LogP contribution in [0.5, 0.6) is 5.75 Å². The van der Waals surface area contributed by atoms with E-state index in [-0.39, 0.29) is 18.1 Å². The van der Waals surface area contributed by atoms with Crippen LogP contribution in [0, 0.1) is 0 Å². The quantitative estimate of drug-likeness (QED) is 0.804. The second-order valence-electron chi connectivity index (χ2n) is 4.33. The van der Waals surface area contributed by atoms with Crippen molar-refractivity contribution in [1.82, 2.24) is 5.32 Å². The number of hydrogen-bond donors (Lipinski definition) is 1. The van der Waals surface area contributed by atoms with Gasteiger partial charge in [-0.3, -0.25) is 4.79 Å². The largest absolute Gasteiger partial charge is 0.497 e. The molecule has 1 N–H and O–H groups in total. The van der Waals surface area contributed by atoms with Gasteiger partial charge in [-0.05, 0) is 24.1 Å². The summed E-state index contributed by atoms with van der Waals surface area (Å²) in [5, 5.41) is 2.70. The summed E-state index contributed by atoms with van der Waals surface area (Å²) in [5.41, 5.74) is 1.09. The average Bonchev–Trinajstić information content (AvgIpc) is 2.36. The molecule has 1 aromatic rings. The third kappa shape index (κ3) is 6.81. The first-order chi connectivity index (χ1) is 8.90. The molecule has 19 heavy (non-hydrogen) atoms. The zero-order valence-corrected chi connectivity index (χ0v) is 12.0. The Morgan fingerprint density at radius 2 is 1.89 bits per heavy atom. The SMILES string of the molecule is COc1ccc(CCNC(=O)CCS(C)(=O)=O)cc1. The van der Waals surface area contributed by atoms with E-state index >= 15 is 0 Å². The standard InChI is InChI=1S/C13H19NO4S/c1-18-12-5-3-11(4-6-12)7-9-14-13(15)8-10-19(2,16)17/h3-6H,7-10H2,1-2H3,(H,14,15). The number of amides is 1. The predicted octanol–water partition coefficient (Wildman–Crippen LogP) is 0.789. The van der Waals surface area contributed by atoms with Gasteiger partial charge in [0, 0.05) is 19.2 Å². The second kappa shape index (κ2) is 7.13. The highest BCUT2D eigenvalue weighted by Gasteiger charge is 2.07. The van der Waals surface area contributed by atoms with Crippen molar-refractivity contribution in [3.63, 3.8) is 0 Å². The van der Waals surface area contributed by atoms with Crippen molar-refractivity contribution >= 4 is 15.7 Å². The molecule has 106 valence electrons. The van der Waals surface area contributed by atoms with Gasteiger partial charge in [0.15, 0.2) is 0 Å². The topological polar surface area (TPSA) is 72.5 Å². The summed E-state index contributed by atoms with van der Waals surface area (Å²) in [7, 11) is -1.47. The molecule has 0 unspecified atom stereocenters. The molecule has 1 aromatic carbocycles. The first-order valence-corrected chi connectivity index (χ1v) is 8.04. The van der Waals surface area contributed by atoms with Crippen molar-refractivity contribution in [2.45, 2.75) is 12.8 Å². The van der Waals surface area contributed by atoms with Gasteiger partial charge in [-0.15, -0.1) is 0 Å². The molecule has 0 atom stereocenters. The van der Waals surface area contributed by atoms with Crippen molar-refractivity contribution in [3.8, 4) is 5.75 Å². The monoisotopic (exact) mass is 285 g/mol. The van der Waals surface area contributed by atoms with E-state index in [1.54, 1.807) is 7.11 Å². The van der Waals surface area contributed by atoms with Crippen LogP contribution in [0.4, 0.5) is 0 Å².